The van der Waals surface area contributed by atoms with Gasteiger partial charge >= 0.3 is 0 Å². The van der Waals surface area contributed by atoms with Crippen molar-refractivity contribution in [3.63, 3.8) is 0 Å². The first kappa shape index (κ1) is 16.7. The summed E-state index contributed by atoms with van der Waals surface area (Å²) in [5, 5.41) is 2.89. The van der Waals surface area contributed by atoms with E-state index in [9.17, 15) is 4.79 Å². The van der Waals surface area contributed by atoms with Crippen LogP contribution in [0.25, 0.3) is 0 Å². The fourth-order valence-corrected chi connectivity index (χ4v) is 1.98. The zero-order chi connectivity index (χ0) is 15.1. The smallest absolute Gasteiger partial charge is 0.241 e. The van der Waals surface area contributed by atoms with Crippen LogP contribution in [0.4, 0.5) is 5.69 Å². The molecule has 1 aromatic carbocycles. The molecule has 0 aliphatic carbocycles. The summed E-state index contributed by atoms with van der Waals surface area (Å²) < 4.78 is 0. The van der Waals surface area contributed by atoms with Crippen LogP contribution in [0.3, 0.4) is 0 Å². The van der Waals surface area contributed by atoms with Crippen molar-refractivity contribution < 1.29 is 4.79 Å². The summed E-state index contributed by atoms with van der Waals surface area (Å²) in [6.45, 7) is 11.1. The van der Waals surface area contributed by atoms with Gasteiger partial charge in [-0.1, -0.05) is 39.8 Å². The minimum Gasteiger partial charge on any atom is -0.325 e. The molecule has 0 heterocycles. The summed E-state index contributed by atoms with van der Waals surface area (Å²) in [5.74, 6) is 0.00819. The van der Waals surface area contributed by atoms with Crippen molar-refractivity contribution in [1.29, 1.82) is 0 Å². The van der Waals surface area contributed by atoms with E-state index < -0.39 is 6.04 Å². The first-order valence-electron chi connectivity index (χ1n) is 7.35. The monoisotopic (exact) mass is 277 g/mol. The lowest BCUT2D eigenvalue weighted by Crippen LogP contribution is -2.39. The molecule has 4 nitrogen and oxygen atoms in total. The van der Waals surface area contributed by atoms with Gasteiger partial charge in [-0.2, -0.15) is 0 Å². The van der Waals surface area contributed by atoms with Gasteiger partial charge in [-0.05, 0) is 36.7 Å². The molecule has 0 saturated carbocycles. The van der Waals surface area contributed by atoms with Gasteiger partial charge in [0.2, 0.25) is 5.91 Å². The molecule has 0 radical (unpaired) electrons. The van der Waals surface area contributed by atoms with Crippen LogP contribution in [0, 0.1) is 5.92 Å². The number of carbonyl (C=O) groups excluding carboxylic acids is 1. The molecule has 0 spiro atoms. The highest BCUT2D eigenvalue weighted by Gasteiger charge is 2.17. The van der Waals surface area contributed by atoms with Gasteiger partial charge in [-0.25, -0.2) is 0 Å². The molecule has 0 aliphatic rings. The highest BCUT2D eigenvalue weighted by atomic mass is 16.2. The van der Waals surface area contributed by atoms with Crippen molar-refractivity contribution in [3.8, 4) is 0 Å². The highest BCUT2D eigenvalue weighted by Crippen LogP contribution is 2.13. The number of benzene rings is 1. The third-order valence-electron chi connectivity index (χ3n) is 3.52. The molecule has 1 amide bonds. The van der Waals surface area contributed by atoms with E-state index in [1.165, 1.54) is 5.56 Å². The Kier molecular flexibility index (Phi) is 6.68. The van der Waals surface area contributed by atoms with Crippen LogP contribution in [0.1, 0.15) is 33.3 Å². The first-order valence-corrected chi connectivity index (χ1v) is 7.35. The van der Waals surface area contributed by atoms with Gasteiger partial charge < -0.3 is 11.1 Å². The second-order valence-corrected chi connectivity index (χ2v) is 5.42. The predicted molar refractivity (Wildman–Crippen MR) is 84.5 cm³/mol. The molecule has 0 aliphatic heterocycles. The largest absolute Gasteiger partial charge is 0.325 e. The average Bonchev–Trinajstić information content (AvgIpc) is 2.44. The summed E-state index contributed by atoms with van der Waals surface area (Å²) >= 11 is 0. The van der Waals surface area contributed by atoms with Crippen LogP contribution in [0.2, 0.25) is 0 Å². The van der Waals surface area contributed by atoms with Gasteiger partial charge in [-0.3, -0.25) is 9.69 Å². The fraction of sp³-hybridized carbons (Fsp3) is 0.562. The van der Waals surface area contributed by atoms with Gasteiger partial charge in [-0.15, -0.1) is 0 Å². The van der Waals surface area contributed by atoms with Crippen LogP contribution in [0.15, 0.2) is 24.3 Å². The quantitative estimate of drug-likeness (QED) is 0.805. The number of nitrogens with one attached hydrogen (secondary N) is 1. The van der Waals surface area contributed by atoms with E-state index in [0.29, 0.717) is 0 Å². The Bertz CT molecular complexity index is 427. The molecule has 4 heteroatoms. The predicted octanol–water partition coefficient (Wildman–Crippen LogP) is 2.45. The SMILES string of the molecule is CCN(CC)Cc1cccc(NC(=O)C(N)C(C)C)c1. The van der Waals surface area contributed by atoms with Crippen LogP contribution in [-0.4, -0.2) is 29.9 Å². The lowest BCUT2D eigenvalue weighted by molar-refractivity contribution is -0.118. The molecule has 1 aromatic rings. The maximum Gasteiger partial charge on any atom is 0.241 e. The Morgan fingerprint density at radius 1 is 1.30 bits per heavy atom. The molecule has 0 bridgehead atoms. The second kappa shape index (κ2) is 8.02. The summed E-state index contributed by atoms with van der Waals surface area (Å²) in [5.41, 5.74) is 7.86. The molecule has 20 heavy (non-hydrogen) atoms. The highest BCUT2D eigenvalue weighted by molar-refractivity contribution is 5.94. The zero-order valence-corrected chi connectivity index (χ0v) is 13.0. The maximum absolute atomic E-state index is 12.0. The Hall–Kier alpha value is -1.39. The topological polar surface area (TPSA) is 58.4 Å². The number of anilines is 1. The van der Waals surface area contributed by atoms with Crippen LogP contribution < -0.4 is 11.1 Å². The van der Waals surface area contributed by atoms with Gasteiger partial charge in [0.05, 0.1) is 6.04 Å². The van der Waals surface area contributed by atoms with E-state index in [0.717, 1.165) is 25.3 Å². The average molecular weight is 277 g/mol. The molecular formula is C16H27N3O. The van der Waals surface area contributed by atoms with E-state index in [-0.39, 0.29) is 11.8 Å². The Morgan fingerprint density at radius 3 is 2.50 bits per heavy atom. The van der Waals surface area contributed by atoms with Crippen molar-refractivity contribution in [2.24, 2.45) is 11.7 Å². The Labute approximate surface area is 122 Å². The minimum atomic E-state index is -0.471. The number of carbonyl (C=O) groups is 1. The van der Waals surface area contributed by atoms with Crippen molar-refractivity contribution in [3.05, 3.63) is 29.8 Å². The lowest BCUT2D eigenvalue weighted by Gasteiger charge is -2.19. The standard InChI is InChI=1S/C16H27N3O/c1-5-19(6-2)11-13-8-7-9-14(10-13)18-16(20)15(17)12(3)4/h7-10,12,15H,5-6,11,17H2,1-4H3,(H,18,20). The minimum absolute atomic E-state index is 0.125. The third kappa shape index (κ3) is 4.94. The molecule has 112 valence electrons. The van der Waals surface area contributed by atoms with Gasteiger partial charge in [0.15, 0.2) is 0 Å². The van der Waals surface area contributed by atoms with Crippen LogP contribution in [0.5, 0.6) is 0 Å². The number of nitrogens with zero attached hydrogens (tertiary/aromatic N) is 1. The normalized spacial score (nSPS) is 12.8. The van der Waals surface area contributed by atoms with Crippen LogP contribution >= 0.6 is 0 Å². The number of amides is 1. The second-order valence-electron chi connectivity index (χ2n) is 5.42. The molecule has 0 aromatic heterocycles. The summed E-state index contributed by atoms with van der Waals surface area (Å²) in [4.78, 5) is 14.3. The number of nitrogens with two attached hydrogens (primary N) is 1. The molecule has 0 saturated heterocycles. The fourth-order valence-electron chi connectivity index (χ4n) is 1.98. The van der Waals surface area contributed by atoms with Crippen molar-refractivity contribution in [2.45, 2.75) is 40.3 Å². The maximum atomic E-state index is 12.0. The summed E-state index contributed by atoms with van der Waals surface area (Å²) in [6.07, 6.45) is 0. The summed E-state index contributed by atoms with van der Waals surface area (Å²) in [6, 6.07) is 7.49. The zero-order valence-electron chi connectivity index (χ0n) is 13.0. The van der Waals surface area contributed by atoms with Gasteiger partial charge in [0.25, 0.3) is 0 Å². The van der Waals surface area contributed by atoms with Crippen molar-refractivity contribution >= 4 is 11.6 Å². The Balaban J connectivity index is 2.71. The number of hydrogen-bond donors (Lipinski definition) is 2. The van der Waals surface area contributed by atoms with E-state index in [4.69, 9.17) is 5.73 Å². The van der Waals surface area contributed by atoms with E-state index in [1.807, 2.05) is 32.0 Å². The van der Waals surface area contributed by atoms with Crippen molar-refractivity contribution in [2.75, 3.05) is 18.4 Å². The first-order chi connectivity index (χ1) is 9.47. The lowest BCUT2D eigenvalue weighted by atomic mass is 10.0. The molecule has 1 unspecified atom stereocenters. The molecule has 0 fully saturated rings. The number of hydrogen-bond acceptors (Lipinski definition) is 3. The molecule has 3 N–H and O–H groups in total. The van der Waals surface area contributed by atoms with E-state index in [2.05, 4.69) is 30.1 Å². The Morgan fingerprint density at radius 2 is 1.95 bits per heavy atom. The molecular weight excluding hydrogens is 250 g/mol. The van der Waals surface area contributed by atoms with Gasteiger partial charge in [0.1, 0.15) is 0 Å². The van der Waals surface area contributed by atoms with Crippen LogP contribution in [-0.2, 0) is 11.3 Å². The van der Waals surface area contributed by atoms with Crippen molar-refractivity contribution in [1.82, 2.24) is 4.90 Å². The van der Waals surface area contributed by atoms with E-state index >= 15 is 0 Å². The van der Waals surface area contributed by atoms with Gasteiger partial charge in [0, 0.05) is 12.2 Å². The third-order valence-corrected chi connectivity index (χ3v) is 3.52. The molecule has 1 rings (SSSR count). The van der Waals surface area contributed by atoms with E-state index in [1.54, 1.807) is 0 Å². The number of rotatable bonds is 7. The summed E-state index contributed by atoms with van der Waals surface area (Å²) in [7, 11) is 0. The molecule has 1 atom stereocenters.